The normalized spacial score (nSPS) is 26.5. The lowest BCUT2D eigenvalue weighted by molar-refractivity contribution is -0.131. The highest BCUT2D eigenvalue weighted by atomic mass is 16.1. The van der Waals surface area contributed by atoms with E-state index in [1.807, 2.05) is 6.92 Å². The topological polar surface area (TPSA) is 17.1 Å². The standard InChI is InChI=1S/C20H36O/c1-18(21)20(16-12-8-4-5-9-13-17-20)19-14-10-6-2-3-7-11-15-19/h19H,2-17H2,1H3. The van der Waals surface area contributed by atoms with Crippen LogP contribution in [0.1, 0.15) is 110 Å². The third kappa shape index (κ3) is 4.83. The first-order valence-corrected chi connectivity index (χ1v) is 9.77. The number of Topliss-reactive ketones (excluding diaryl/α,β-unsaturated/α-hetero) is 1. The summed E-state index contributed by atoms with van der Waals surface area (Å²) in [5.41, 5.74) is 0.0503. The van der Waals surface area contributed by atoms with E-state index in [-0.39, 0.29) is 5.41 Å². The van der Waals surface area contributed by atoms with Crippen molar-refractivity contribution < 1.29 is 4.79 Å². The molecule has 0 aromatic heterocycles. The lowest BCUT2D eigenvalue weighted by Gasteiger charge is -2.39. The molecular formula is C20H36O. The van der Waals surface area contributed by atoms with Crippen molar-refractivity contribution in [3.63, 3.8) is 0 Å². The van der Waals surface area contributed by atoms with Crippen molar-refractivity contribution in [3.05, 3.63) is 0 Å². The van der Waals surface area contributed by atoms with Crippen LogP contribution in [0.25, 0.3) is 0 Å². The largest absolute Gasteiger partial charge is 0.299 e. The summed E-state index contributed by atoms with van der Waals surface area (Å²) in [5, 5.41) is 0. The minimum Gasteiger partial charge on any atom is -0.299 e. The Morgan fingerprint density at radius 2 is 1.05 bits per heavy atom. The first-order chi connectivity index (χ1) is 10.3. The predicted octanol–water partition coefficient (Wildman–Crippen LogP) is 6.45. The fraction of sp³-hybridized carbons (Fsp3) is 0.950. The Morgan fingerprint density at radius 1 is 0.667 bits per heavy atom. The van der Waals surface area contributed by atoms with Gasteiger partial charge in [-0.2, -0.15) is 0 Å². The molecule has 0 heterocycles. The Morgan fingerprint density at radius 3 is 1.48 bits per heavy atom. The van der Waals surface area contributed by atoms with Crippen LogP contribution >= 0.6 is 0 Å². The van der Waals surface area contributed by atoms with Gasteiger partial charge in [0.2, 0.25) is 0 Å². The molecule has 0 aromatic carbocycles. The maximum Gasteiger partial charge on any atom is 0.136 e. The molecule has 1 nitrogen and oxygen atoms in total. The zero-order valence-electron chi connectivity index (χ0n) is 14.3. The van der Waals surface area contributed by atoms with Crippen LogP contribution in [0.15, 0.2) is 0 Å². The van der Waals surface area contributed by atoms with Crippen LogP contribution in [0.3, 0.4) is 0 Å². The van der Waals surface area contributed by atoms with E-state index in [0.717, 1.165) is 0 Å². The molecule has 0 N–H and O–H groups in total. The molecule has 0 saturated heterocycles. The number of carbonyl (C=O) groups is 1. The van der Waals surface area contributed by atoms with Crippen molar-refractivity contribution in [2.45, 2.75) is 110 Å². The molecule has 2 aliphatic carbocycles. The number of carbonyl (C=O) groups excluding carboxylic acids is 1. The molecule has 21 heavy (non-hydrogen) atoms. The van der Waals surface area contributed by atoms with E-state index in [0.29, 0.717) is 11.7 Å². The van der Waals surface area contributed by atoms with Gasteiger partial charge in [0.25, 0.3) is 0 Å². The van der Waals surface area contributed by atoms with E-state index in [1.165, 1.54) is 103 Å². The van der Waals surface area contributed by atoms with Gasteiger partial charge in [-0.05, 0) is 38.5 Å². The molecule has 2 aliphatic rings. The summed E-state index contributed by atoms with van der Waals surface area (Å²) in [7, 11) is 0. The van der Waals surface area contributed by atoms with Crippen LogP contribution in [0.2, 0.25) is 0 Å². The van der Waals surface area contributed by atoms with Gasteiger partial charge in [-0.1, -0.05) is 77.0 Å². The molecule has 0 amide bonds. The zero-order chi connectivity index (χ0) is 15.0. The average Bonchev–Trinajstić information content (AvgIpc) is 2.69. The van der Waals surface area contributed by atoms with E-state index in [1.54, 1.807) is 0 Å². The summed E-state index contributed by atoms with van der Waals surface area (Å²) in [6, 6.07) is 0. The second-order valence-corrected chi connectivity index (χ2v) is 7.73. The molecule has 122 valence electrons. The highest BCUT2D eigenvalue weighted by Gasteiger charge is 2.41. The molecular weight excluding hydrogens is 256 g/mol. The number of rotatable bonds is 2. The zero-order valence-corrected chi connectivity index (χ0v) is 14.3. The monoisotopic (exact) mass is 292 g/mol. The van der Waals surface area contributed by atoms with Gasteiger partial charge in [-0.25, -0.2) is 0 Å². The van der Waals surface area contributed by atoms with Gasteiger partial charge in [0.15, 0.2) is 0 Å². The fourth-order valence-corrected chi connectivity index (χ4v) is 4.95. The summed E-state index contributed by atoms with van der Waals surface area (Å²) >= 11 is 0. The van der Waals surface area contributed by atoms with Gasteiger partial charge in [0.1, 0.15) is 5.78 Å². The van der Waals surface area contributed by atoms with Crippen LogP contribution in [-0.2, 0) is 4.79 Å². The molecule has 0 aromatic rings. The minimum atomic E-state index is 0.0503. The summed E-state index contributed by atoms with van der Waals surface area (Å²) in [4.78, 5) is 12.7. The van der Waals surface area contributed by atoms with Crippen molar-refractivity contribution in [1.82, 2.24) is 0 Å². The van der Waals surface area contributed by atoms with E-state index < -0.39 is 0 Å². The summed E-state index contributed by atoms with van der Waals surface area (Å²) in [6.45, 7) is 1.91. The second-order valence-electron chi connectivity index (χ2n) is 7.73. The molecule has 0 aliphatic heterocycles. The molecule has 0 unspecified atom stereocenters. The second kappa shape index (κ2) is 8.96. The lowest BCUT2D eigenvalue weighted by Crippen LogP contribution is -2.37. The average molecular weight is 293 g/mol. The van der Waals surface area contributed by atoms with Crippen molar-refractivity contribution in [3.8, 4) is 0 Å². The molecule has 0 spiro atoms. The lowest BCUT2D eigenvalue weighted by atomic mass is 9.63. The number of ketones is 1. The first-order valence-electron chi connectivity index (χ1n) is 9.77. The van der Waals surface area contributed by atoms with Gasteiger partial charge in [-0.15, -0.1) is 0 Å². The van der Waals surface area contributed by atoms with Crippen LogP contribution in [0.5, 0.6) is 0 Å². The van der Waals surface area contributed by atoms with Crippen molar-refractivity contribution in [2.24, 2.45) is 11.3 Å². The van der Waals surface area contributed by atoms with Crippen LogP contribution < -0.4 is 0 Å². The van der Waals surface area contributed by atoms with E-state index in [9.17, 15) is 4.79 Å². The maximum absolute atomic E-state index is 12.7. The fourth-order valence-electron chi connectivity index (χ4n) is 4.95. The van der Waals surface area contributed by atoms with E-state index in [2.05, 4.69) is 0 Å². The van der Waals surface area contributed by atoms with E-state index >= 15 is 0 Å². The smallest absolute Gasteiger partial charge is 0.136 e. The summed E-state index contributed by atoms with van der Waals surface area (Å²) < 4.78 is 0. The number of hydrogen-bond donors (Lipinski definition) is 0. The van der Waals surface area contributed by atoms with Crippen molar-refractivity contribution in [2.75, 3.05) is 0 Å². The quantitative estimate of drug-likeness (QED) is 0.572. The van der Waals surface area contributed by atoms with Gasteiger partial charge >= 0.3 is 0 Å². The van der Waals surface area contributed by atoms with Crippen molar-refractivity contribution >= 4 is 5.78 Å². The molecule has 2 saturated carbocycles. The molecule has 0 atom stereocenters. The third-order valence-corrected chi connectivity index (χ3v) is 6.33. The molecule has 1 heteroatoms. The van der Waals surface area contributed by atoms with Crippen molar-refractivity contribution in [1.29, 1.82) is 0 Å². The predicted molar refractivity (Wildman–Crippen MR) is 90.5 cm³/mol. The van der Waals surface area contributed by atoms with Gasteiger partial charge in [0.05, 0.1) is 0 Å². The van der Waals surface area contributed by atoms with Crippen LogP contribution in [0.4, 0.5) is 0 Å². The van der Waals surface area contributed by atoms with Gasteiger partial charge in [-0.3, -0.25) is 4.79 Å². The Bertz CT molecular complexity index is 287. The van der Waals surface area contributed by atoms with E-state index in [4.69, 9.17) is 0 Å². The Kier molecular flexibility index (Phi) is 7.26. The molecule has 0 radical (unpaired) electrons. The number of hydrogen-bond acceptors (Lipinski definition) is 1. The highest BCUT2D eigenvalue weighted by Crippen LogP contribution is 2.46. The summed E-state index contributed by atoms with van der Waals surface area (Å²) in [5.74, 6) is 1.21. The maximum atomic E-state index is 12.7. The first kappa shape index (κ1) is 17.0. The van der Waals surface area contributed by atoms with Gasteiger partial charge in [0, 0.05) is 5.41 Å². The molecule has 2 fully saturated rings. The molecule has 2 rings (SSSR count). The summed E-state index contributed by atoms with van der Waals surface area (Å²) in [6.07, 6.45) is 21.4. The Labute approximate surface area is 132 Å². The molecule has 0 bridgehead atoms. The Hall–Kier alpha value is -0.330. The highest BCUT2D eigenvalue weighted by molar-refractivity contribution is 5.82. The van der Waals surface area contributed by atoms with Crippen LogP contribution in [-0.4, -0.2) is 5.78 Å². The minimum absolute atomic E-state index is 0.0503. The SMILES string of the molecule is CC(=O)C1(C2CCCCCCCC2)CCCCCCCC1. The van der Waals surface area contributed by atoms with Crippen LogP contribution in [0, 0.1) is 11.3 Å². The van der Waals surface area contributed by atoms with Gasteiger partial charge < -0.3 is 0 Å². The third-order valence-electron chi connectivity index (χ3n) is 6.33. The Balaban J connectivity index is 2.13.